The number of fused-ring (bicyclic) bond motifs is 2. The molecule has 0 saturated carbocycles. The van der Waals surface area contributed by atoms with Crippen LogP contribution in [0.3, 0.4) is 0 Å². The van der Waals surface area contributed by atoms with Gasteiger partial charge in [0.2, 0.25) is 0 Å². The Hall–Kier alpha value is -3.23. The van der Waals surface area contributed by atoms with Gasteiger partial charge in [0, 0.05) is 27.5 Å². The van der Waals surface area contributed by atoms with E-state index in [-0.39, 0.29) is 5.56 Å². The fourth-order valence-electron chi connectivity index (χ4n) is 3.76. The predicted molar refractivity (Wildman–Crippen MR) is 118 cm³/mol. The van der Waals surface area contributed by atoms with Gasteiger partial charge in [-0.3, -0.25) is 9.36 Å². The van der Waals surface area contributed by atoms with E-state index in [2.05, 4.69) is 9.98 Å². The van der Waals surface area contributed by atoms with Crippen molar-refractivity contribution in [3.8, 4) is 0 Å². The zero-order valence-electron chi connectivity index (χ0n) is 16.2. The SMILES string of the molecule is COC(=O)C1=C(C)N=c2s/c(=C\c3c[nH]c4ccccc34)c(=O)n2C1c1cccs1. The van der Waals surface area contributed by atoms with Crippen molar-refractivity contribution in [2.24, 2.45) is 4.99 Å². The van der Waals surface area contributed by atoms with Crippen LogP contribution in [-0.2, 0) is 9.53 Å². The lowest BCUT2D eigenvalue weighted by molar-refractivity contribution is -0.136. The van der Waals surface area contributed by atoms with E-state index in [1.165, 1.54) is 29.8 Å². The number of rotatable bonds is 3. The standard InChI is InChI=1S/C22H17N3O3S2/c1-12-18(21(27)28-2)19(16-8-5-9-29-16)25-20(26)17(30-22(25)24-12)10-13-11-23-15-7-4-3-6-14(13)15/h3-11,19,23H,1-2H3/b17-10-. The van der Waals surface area contributed by atoms with Crippen LogP contribution in [0, 0.1) is 0 Å². The summed E-state index contributed by atoms with van der Waals surface area (Å²) in [6.07, 6.45) is 3.77. The van der Waals surface area contributed by atoms with Gasteiger partial charge in [0.05, 0.1) is 22.9 Å². The molecule has 1 unspecified atom stereocenters. The maximum absolute atomic E-state index is 13.4. The number of carbonyl (C=O) groups is 1. The van der Waals surface area contributed by atoms with Crippen LogP contribution in [0.15, 0.2) is 69.0 Å². The molecule has 0 bridgehead atoms. The van der Waals surface area contributed by atoms with E-state index in [1.807, 2.05) is 54.1 Å². The van der Waals surface area contributed by atoms with Gasteiger partial charge >= 0.3 is 5.97 Å². The molecule has 0 amide bonds. The molecule has 30 heavy (non-hydrogen) atoms. The first-order valence-electron chi connectivity index (χ1n) is 9.29. The van der Waals surface area contributed by atoms with Gasteiger partial charge in [-0.2, -0.15) is 0 Å². The minimum atomic E-state index is -0.543. The molecule has 1 atom stereocenters. The fourth-order valence-corrected chi connectivity index (χ4v) is 5.62. The van der Waals surface area contributed by atoms with Crippen molar-refractivity contribution in [1.82, 2.24) is 9.55 Å². The van der Waals surface area contributed by atoms with Crippen LogP contribution in [0.2, 0.25) is 0 Å². The average Bonchev–Trinajstić information content (AvgIpc) is 3.48. The zero-order chi connectivity index (χ0) is 20.8. The molecule has 0 saturated heterocycles. The molecule has 4 heterocycles. The monoisotopic (exact) mass is 435 g/mol. The highest BCUT2D eigenvalue weighted by molar-refractivity contribution is 7.10. The van der Waals surface area contributed by atoms with Crippen LogP contribution in [0.25, 0.3) is 17.0 Å². The smallest absolute Gasteiger partial charge is 0.338 e. The number of methoxy groups -OCH3 is 1. The Kier molecular flexibility index (Phi) is 4.52. The number of ether oxygens (including phenoxy) is 1. The highest BCUT2D eigenvalue weighted by Gasteiger charge is 2.33. The molecule has 3 aromatic heterocycles. The molecule has 0 fully saturated rings. The molecule has 0 spiro atoms. The molecule has 1 aromatic carbocycles. The van der Waals surface area contributed by atoms with Crippen molar-refractivity contribution >= 4 is 45.6 Å². The number of allylic oxidation sites excluding steroid dienone is 1. The van der Waals surface area contributed by atoms with Crippen molar-refractivity contribution in [2.75, 3.05) is 7.11 Å². The van der Waals surface area contributed by atoms with Crippen LogP contribution in [0.1, 0.15) is 23.4 Å². The van der Waals surface area contributed by atoms with Gasteiger partial charge in [0.15, 0.2) is 4.80 Å². The van der Waals surface area contributed by atoms with Gasteiger partial charge in [-0.25, -0.2) is 9.79 Å². The third-order valence-electron chi connectivity index (χ3n) is 5.15. The van der Waals surface area contributed by atoms with E-state index < -0.39 is 12.0 Å². The largest absolute Gasteiger partial charge is 0.466 e. The number of thiazole rings is 1. The number of hydrogen-bond acceptors (Lipinski definition) is 6. The number of hydrogen-bond donors (Lipinski definition) is 1. The molecule has 6 nitrogen and oxygen atoms in total. The maximum atomic E-state index is 13.4. The lowest BCUT2D eigenvalue weighted by Gasteiger charge is -2.22. The summed E-state index contributed by atoms with van der Waals surface area (Å²) < 4.78 is 7.18. The van der Waals surface area contributed by atoms with Crippen molar-refractivity contribution < 1.29 is 9.53 Å². The summed E-state index contributed by atoms with van der Waals surface area (Å²) in [5.74, 6) is -0.472. The lowest BCUT2D eigenvalue weighted by Crippen LogP contribution is -2.39. The Bertz CT molecular complexity index is 1490. The number of para-hydroxylation sites is 1. The molecule has 0 radical (unpaired) electrons. The van der Waals surface area contributed by atoms with Gasteiger partial charge in [-0.05, 0) is 30.5 Å². The van der Waals surface area contributed by atoms with Crippen molar-refractivity contribution in [3.05, 3.63) is 89.4 Å². The number of nitrogens with one attached hydrogen (secondary N) is 1. The molecule has 0 aliphatic carbocycles. The second kappa shape index (κ2) is 7.23. The number of thiophene rings is 1. The summed E-state index contributed by atoms with van der Waals surface area (Å²) in [7, 11) is 1.34. The molecule has 1 aliphatic heterocycles. The van der Waals surface area contributed by atoms with E-state index in [0.717, 1.165) is 21.3 Å². The summed E-state index contributed by atoms with van der Waals surface area (Å²) >= 11 is 2.83. The number of aromatic amines is 1. The predicted octanol–water partition coefficient (Wildman–Crippen LogP) is 2.95. The Morgan fingerprint density at radius 2 is 2.10 bits per heavy atom. The number of carbonyl (C=O) groups excluding carboxylic acids is 1. The van der Waals surface area contributed by atoms with E-state index in [0.29, 0.717) is 20.6 Å². The van der Waals surface area contributed by atoms with Gasteiger partial charge in [-0.1, -0.05) is 35.6 Å². The molecular formula is C22H17N3O3S2. The van der Waals surface area contributed by atoms with E-state index in [1.54, 1.807) is 11.5 Å². The first kappa shape index (κ1) is 18.8. The summed E-state index contributed by atoms with van der Waals surface area (Å²) in [4.78, 5) is 35.3. The molecule has 1 N–H and O–H groups in total. The Labute approximate surface area is 179 Å². The molecule has 5 rings (SSSR count). The molecule has 4 aromatic rings. The normalized spacial score (nSPS) is 16.6. The number of aromatic nitrogens is 2. The summed E-state index contributed by atoms with van der Waals surface area (Å²) in [6.45, 7) is 1.78. The van der Waals surface area contributed by atoms with E-state index in [9.17, 15) is 9.59 Å². The molecule has 8 heteroatoms. The Morgan fingerprint density at radius 3 is 2.87 bits per heavy atom. The van der Waals surface area contributed by atoms with E-state index >= 15 is 0 Å². The van der Waals surface area contributed by atoms with Gasteiger partial charge in [0.1, 0.15) is 6.04 Å². The third kappa shape index (κ3) is 2.88. The molecule has 1 aliphatic rings. The lowest BCUT2D eigenvalue weighted by atomic mass is 10.0. The number of esters is 1. The van der Waals surface area contributed by atoms with Crippen molar-refractivity contribution in [3.63, 3.8) is 0 Å². The van der Waals surface area contributed by atoms with Gasteiger partial charge in [-0.15, -0.1) is 11.3 Å². The Morgan fingerprint density at radius 1 is 1.27 bits per heavy atom. The highest BCUT2D eigenvalue weighted by atomic mass is 32.1. The topological polar surface area (TPSA) is 76.4 Å². The number of nitrogens with zero attached hydrogens (tertiary/aromatic N) is 2. The van der Waals surface area contributed by atoms with Crippen LogP contribution < -0.4 is 14.9 Å². The summed E-state index contributed by atoms with van der Waals surface area (Å²) in [5, 5.41) is 2.98. The van der Waals surface area contributed by atoms with E-state index in [4.69, 9.17) is 4.74 Å². The summed E-state index contributed by atoms with van der Waals surface area (Å²) in [5.41, 5.74) is 2.74. The number of benzene rings is 1. The molecular weight excluding hydrogens is 418 g/mol. The first-order chi connectivity index (χ1) is 14.6. The number of H-pyrrole nitrogens is 1. The highest BCUT2D eigenvalue weighted by Crippen LogP contribution is 2.33. The Balaban J connectivity index is 1.76. The maximum Gasteiger partial charge on any atom is 0.338 e. The second-order valence-electron chi connectivity index (χ2n) is 6.88. The van der Waals surface area contributed by atoms with Crippen LogP contribution >= 0.6 is 22.7 Å². The van der Waals surface area contributed by atoms with Crippen LogP contribution in [0.4, 0.5) is 0 Å². The summed E-state index contributed by atoms with van der Waals surface area (Å²) in [6, 6.07) is 11.2. The average molecular weight is 436 g/mol. The van der Waals surface area contributed by atoms with Crippen molar-refractivity contribution in [1.29, 1.82) is 0 Å². The van der Waals surface area contributed by atoms with Gasteiger partial charge < -0.3 is 9.72 Å². The van der Waals surface area contributed by atoms with Gasteiger partial charge in [0.25, 0.3) is 5.56 Å². The minimum absolute atomic E-state index is 0.170. The third-order valence-corrected chi connectivity index (χ3v) is 7.06. The van der Waals surface area contributed by atoms with Crippen LogP contribution in [-0.4, -0.2) is 22.6 Å². The quantitative estimate of drug-likeness (QED) is 0.503. The van der Waals surface area contributed by atoms with Crippen LogP contribution in [0.5, 0.6) is 0 Å². The van der Waals surface area contributed by atoms with Crippen molar-refractivity contribution in [2.45, 2.75) is 13.0 Å². The zero-order valence-corrected chi connectivity index (χ0v) is 17.8. The first-order valence-corrected chi connectivity index (χ1v) is 11.0. The fraction of sp³-hybridized carbons (Fsp3) is 0.136. The second-order valence-corrected chi connectivity index (χ2v) is 8.87. The molecule has 150 valence electrons. The minimum Gasteiger partial charge on any atom is -0.466 e.